The first-order chi connectivity index (χ1) is 7.72. The van der Waals surface area contributed by atoms with Crippen LogP contribution in [-0.2, 0) is 5.60 Å². The Bertz CT molecular complexity index is 369. The molecule has 17 heavy (non-hydrogen) atoms. The normalized spacial score (nSPS) is 15.6. The molecule has 1 rings (SSSR count). The molecule has 1 aromatic rings. The number of hydrogen-bond acceptors (Lipinski definition) is 2. The van der Waals surface area contributed by atoms with Crippen molar-refractivity contribution in [2.24, 2.45) is 0 Å². The Labute approximate surface area is 103 Å². The Morgan fingerprint density at radius 1 is 1.18 bits per heavy atom. The summed E-state index contributed by atoms with van der Waals surface area (Å²) in [5, 5.41) is 13.6. The average molecular weight is 239 g/mol. The van der Waals surface area contributed by atoms with Crippen LogP contribution >= 0.6 is 0 Å². The third kappa shape index (κ3) is 4.44. The van der Waals surface area contributed by atoms with Gasteiger partial charge in [0.15, 0.2) is 0 Å². The van der Waals surface area contributed by atoms with Crippen LogP contribution in [0.3, 0.4) is 0 Å². The van der Waals surface area contributed by atoms with E-state index in [9.17, 15) is 9.50 Å². The summed E-state index contributed by atoms with van der Waals surface area (Å²) in [4.78, 5) is 0. The largest absolute Gasteiger partial charge is 0.385 e. The van der Waals surface area contributed by atoms with Gasteiger partial charge >= 0.3 is 0 Å². The Hall–Kier alpha value is -0.930. The van der Waals surface area contributed by atoms with E-state index in [1.807, 2.05) is 0 Å². The van der Waals surface area contributed by atoms with E-state index in [-0.39, 0.29) is 11.4 Å². The van der Waals surface area contributed by atoms with Crippen LogP contribution in [0.15, 0.2) is 24.3 Å². The van der Waals surface area contributed by atoms with Gasteiger partial charge in [0.25, 0.3) is 0 Å². The molecule has 0 aromatic heterocycles. The summed E-state index contributed by atoms with van der Waals surface area (Å²) in [6.07, 6.45) is 0.477. The van der Waals surface area contributed by atoms with E-state index in [1.54, 1.807) is 25.1 Å². The molecule has 0 spiro atoms. The maximum absolute atomic E-state index is 13.6. The second-order valence-electron chi connectivity index (χ2n) is 5.68. The van der Waals surface area contributed by atoms with Crippen LogP contribution < -0.4 is 5.32 Å². The third-order valence-electron chi connectivity index (χ3n) is 2.72. The maximum Gasteiger partial charge on any atom is 0.129 e. The van der Waals surface area contributed by atoms with Gasteiger partial charge in [0, 0.05) is 11.1 Å². The molecule has 0 aliphatic carbocycles. The first-order valence-electron chi connectivity index (χ1n) is 5.95. The second-order valence-corrected chi connectivity index (χ2v) is 5.68. The van der Waals surface area contributed by atoms with E-state index in [2.05, 4.69) is 26.1 Å². The first-order valence-corrected chi connectivity index (χ1v) is 5.95. The highest BCUT2D eigenvalue weighted by molar-refractivity contribution is 5.23. The van der Waals surface area contributed by atoms with Gasteiger partial charge in [-0.25, -0.2) is 4.39 Å². The molecule has 0 fully saturated rings. The van der Waals surface area contributed by atoms with Gasteiger partial charge in [-0.1, -0.05) is 18.2 Å². The van der Waals surface area contributed by atoms with Gasteiger partial charge in [0.2, 0.25) is 0 Å². The summed E-state index contributed by atoms with van der Waals surface area (Å²) in [5.74, 6) is -0.353. The lowest BCUT2D eigenvalue weighted by Gasteiger charge is -2.27. The highest BCUT2D eigenvalue weighted by Gasteiger charge is 2.26. The molecule has 0 saturated heterocycles. The van der Waals surface area contributed by atoms with Crippen molar-refractivity contribution >= 4 is 0 Å². The van der Waals surface area contributed by atoms with Gasteiger partial charge in [-0.15, -0.1) is 0 Å². The molecule has 0 bridgehead atoms. The third-order valence-corrected chi connectivity index (χ3v) is 2.72. The molecule has 96 valence electrons. The van der Waals surface area contributed by atoms with Gasteiger partial charge in [0.05, 0.1) is 5.60 Å². The van der Waals surface area contributed by atoms with Crippen LogP contribution in [0.5, 0.6) is 0 Å². The minimum Gasteiger partial charge on any atom is -0.385 e. The summed E-state index contributed by atoms with van der Waals surface area (Å²) in [5.41, 5.74) is -0.773. The van der Waals surface area contributed by atoms with Crippen LogP contribution in [0.4, 0.5) is 4.39 Å². The van der Waals surface area contributed by atoms with Gasteiger partial charge in [-0.05, 0) is 46.7 Å². The molecule has 0 radical (unpaired) electrons. The van der Waals surface area contributed by atoms with Crippen molar-refractivity contribution in [2.45, 2.75) is 45.3 Å². The van der Waals surface area contributed by atoms with E-state index < -0.39 is 5.60 Å². The fraction of sp³-hybridized carbons (Fsp3) is 0.571. The van der Waals surface area contributed by atoms with E-state index in [4.69, 9.17) is 0 Å². The Kier molecular flexibility index (Phi) is 4.28. The lowest BCUT2D eigenvalue weighted by Crippen LogP contribution is -2.39. The number of benzene rings is 1. The average Bonchev–Trinajstić information content (AvgIpc) is 2.15. The Morgan fingerprint density at radius 2 is 1.76 bits per heavy atom. The monoisotopic (exact) mass is 239 g/mol. The highest BCUT2D eigenvalue weighted by atomic mass is 19.1. The first kappa shape index (κ1) is 14.1. The van der Waals surface area contributed by atoms with Gasteiger partial charge < -0.3 is 10.4 Å². The van der Waals surface area contributed by atoms with Gasteiger partial charge in [-0.3, -0.25) is 0 Å². The molecule has 0 aliphatic heterocycles. The van der Waals surface area contributed by atoms with Crippen LogP contribution in [0.1, 0.15) is 39.7 Å². The predicted octanol–water partition coefficient (Wildman–Crippen LogP) is 2.81. The molecule has 1 unspecified atom stereocenters. The topological polar surface area (TPSA) is 32.3 Å². The number of rotatable bonds is 4. The molecule has 1 aromatic carbocycles. The van der Waals surface area contributed by atoms with E-state index in [0.29, 0.717) is 18.5 Å². The second kappa shape index (κ2) is 5.15. The molecule has 0 saturated carbocycles. The summed E-state index contributed by atoms with van der Waals surface area (Å²) in [7, 11) is 0. The molecule has 0 heterocycles. The fourth-order valence-corrected chi connectivity index (χ4v) is 1.71. The van der Waals surface area contributed by atoms with Crippen molar-refractivity contribution in [3.05, 3.63) is 35.6 Å². The molecule has 3 heteroatoms. The molecule has 0 amide bonds. The summed E-state index contributed by atoms with van der Waals surface area (Å²) < 4.78 is 13.6. The molecule has 0 aliphatic rings. The number of halogens is 1. The van der Waals surface area contributed by atoms with Gasteiger partial charge in [0.1, 0.15) is 5.82 Å². The summed E-state index contributed by atoms with van der Waals surface area (Å²) in [6, 6.07) is 6.37. The standard InChI is InChI=1S/C14H22FNO/c1-13(2,3)16-10-9-14(4,17)11-7-5-6-8-12(11)15/h5-8,16-17H,9-10H2,1-4H3. The quantitative estimate of drug-likeness (QED) is 0.846. The lowest BCUT2D eigenvalue weighted by molar-refractivity contribution is 0.0428. The molecular weight excluding hydrogens is 217 g/mol. The zero-order valence-electron chi connectivity index (χ0n) is 11.0. The molecule has 2 nitrogen and oxygen atoms in total. The fourth-order valence-electron chi connectivity index (χ4n) is 1.71. The molecule has 1 atom stereocenters. The van der Waals surface area contributed by atoms with Crippen molar-refractivity contribution in [2.75, 3.05) is 6.54 Å². The highest BCUT2D eigenvalue weighted by Crippen LogP contribution is 2.26. The summed E-state index contributed by atoms with van der Waals surface area (Å²) >= 11 is 0. The van der Waals surface area contributed by atoms with Crippen molar-refractivity contribution < 1.29 is 9.50 Å². The van der Waals surface area contributed by atoms with Crippen LogP contribution in [0, 0.1) is 5.82 Å². The van der Waals surface area contributed by atoms with Crippen LogP contribution in [0.25, 0.3) is 0 Å². The Morgan fingerprint density at radius 3 is 2.29 bits per heavy atom. The zero-order chi connectivity index (χ0) is 13.1. The molecular formula is C14H22FNO. The number of nitrogens with one attached hydrogen (secondary N) is 1. The SMILES string of the molecule is CC(C)(C)NCCC(C)(O)c1ccccc1F. The number of hydrogen-bond donors (Lipinski definition) is 2. The van der Waals surface area contributed by atoms with Crippen molar-refractivity contribution in [1.29, 1.82) is 0 Å². The van der Waals surface area contributed by atoms with Gasteiger partial charge in [-0.2, -0.15) is 0 Å². The van der Waals surface area contributed by atoms with Crippen LogP contribution in [0.2, 0.25) is 0 Å². The van der Waals surface area contributed by atoms with Crippen molar-refractivity contribution in [1.82, 2.24) is 5.32 Å². The maximum atomic E-state index is 13.6. The minimum atomic E-state index is -1.14. The van der Waals surface area contributed by atoms with E-state index in [1.165, 1.54) is 6.07 Å². The van der Waals surface area contributed by atoms with Crippen molar-refractivity contribution in [3.8, 4) is 0 Å². The molecule has 2 N–H and O–H groups in total. The summed E-state index contributed by atoms with van der Waals surface area (Å²) in [6.45, 7) is 8.47. The lowest BCUT2D eigenvalue weighted by atomic mass is 9.91. The smallest absolute Gasteiger partial charge is 0.129 e. The van der Waals surface area contributed by atoms with E-state index >= 15 is 0 Å². The van der Waals surface area contributed by atoms with Crippen LogP contribution in [-0.4, -0.2) is 17.2 Å². The minimum absolute atomic E-state index is 0.00527. The number of aliphatic hydroxyl groups is 1. The predicted molar refractivity (Wildman–Crippen MR) is 68.3 cm³/mol. The van der Waals surface area contributed by atoms with Crippen molar-refractivity contribution in [3.63, 3.8) is 0 Å². The zero-order valence-corrected chi connectivity index (χ0v) is 11.0. The van der Waals surface area contributed by atoms with E-state index in [0.717, 1.165) is 0 Å². The Balaban J connectivity index is 2.66.